The predicted molar refractivity (Wildman–Crippen MR) is 190 cm³/mol. The van der Waals surface area contributed by atoms with E-state index < -0.39 is 15.5 Å². The second-order valence-electron chi connectivity index (χ2n) is 12.9. The molecule has 0 bridgehead atoms. The number of carbonyl (C=O) groups excluding carboxylic acids is 1. The third kappa shape index (κ3) is 8.62. The number of rotatable bonds is 11. The normalized spacial score (nSPS) is 14.6. The number of hydrogen-bond donors (Lipinski definition) is 1. The molecule has 3 aromatic carbocycles. The first-order valence-corrected chi connectivity index (χ1v) is 17.6. The fourth-order valence-electron chi connectivity index (χ4n) is 5.06. The summed E-state index contributed by atoms with van der Waals surface area (Å²) in [4.78, 5) is 30.3. The van der Waals surface area contributed by atoms with E-state index in [-0.39, 0.29) is 5.97 Å². The van der Waals surface area contributed by atoms with Crippen LogP contribution in [0.15, 0.2) is 101 Å². The van der Waals surface area contributed by atoms with Crippen LogP contribution < -0.4 is 0 Å². The van der Waals surface area contributed by atoms with Gasteiger partial charge in [-0.2, -0.15) is 0 Å². The molecule has 0 saturated heterocycles. The van der Waals surface area contributed by atoms with Gasteiger partial charge in [-0.3, -0.25) is 14.6 Å². The number of thioether (sulfide) groups is 2. The van der Waals surface area contributed by atoms with Gasteiger partial charge in [0.05, 0.1) is 6.61 Å². The van der Waals surface area contributed by atoms with Crippen molar-refractivity contribution in [1.82, 2.24) is 4.98 Å². The fraction of sp³-hybridized carbons (Fsp3) is 0.359. The highest BCUT2D eigenvalue weighted by Crippen LogP contribution is 2.43. The van der Waals surface area contributed by atoms with E-state index in [0.29, 0.717) is 12.5 Å². The molecule has 0 amide bonds. The van der Waals surface area contributed by atoms with Crippen LogP contribution in [-0.4, -0.2) is 38.1 Å². The van der Waals surface area contributed by atoms with E-state index in [0.717, 1.165) is 38.0 Å². The molecule has 2 saturated carbocycles. The van der Waals surface area contributed by atoms with Gasteiger partial charge in [0.2, 0.25) is 0 Å². The molecule has 0 radical (unpaired) electrons. The van der Waals surface area contributed by atoms with E-state index in [9.17, 15) is 14.7 Å². The molecule has 1 N–H and O–H groups in total. The Bertz CT molecular complexity index is 1660. The van der Waals surface area contributed by atoms with E-state index >= 15 is 0 Å². The summed E-state index contributed by atoms with van der Waals surface area (Å²) in [6.07, 6.45) is 7.07. The molecule has 1 aromatic heterocycles. The van der Waals surface area contributed by atoms with Crippen LogP contribution in [0.25, 0.3) is 22.3 Å². The van der Waals surface area contributed by atoms with Crippen molar-refractivity contribution in [2.45, 2.75) is 91.4 Å². The van der Waals surface area contributed by atoms with Crippen molar-refractivity contribution in [1.29, 1.82) is 0 Å². The highest BCUT2D eigenvalue weighted by atomic mass is 32.2. The lowest BCUT2D eigenvalue weighted by Gasteiger charge is -2.23. The van der Waals surface area contributed by atoms with E-state index in [1.54, 1.807) is 13.8 Å². The van der Waals surface area contributed by atoms with Gasteiger partial charge in [-0.15, -0.1) is 23.5 Å². The Labute approximate surface area is 281 Å². The lowest BCUT2D eigenvalue weighted by molar-refractivity contribution is -0.145. The van der Waals surface area contributed by atoms with Crippen molar-refractivity contribution in [3.63, 3.8) is 0 Å². The van der Waals surface area contributed by atoms with Crippen molar-refractivity contribution in [2.24, 2.45) is 0 Å². The van der Waals surface area contributed by atoms with Crippen molar-refractivity contribution in [3.05, 3.63) is 102 Å². The largest absolute Gasteiger partial charge is 0.480 e. The summed E-state index contributed by atoms with van der Waals surface area (Å²) in [6, 6.07) is 29.2. The number of benzene rings is 3. The number of carboxylic acid groups (broad SMARTS) is 1. The van der Waals surface area contributed by atoms with Crippen LogP contribution in [0, 0.1) is 0 Å². The summed E-state index contributed by atoms with van der Waals surface area (Å²) in [5, 5.41) is 9.35. The van der Waals surface area contributed by atoms with Gasteiger partial charge < -0.3 is 9.84 Å². The molecular weight excluding hydrogens is 611 g/mol. The van der Waals surface area contributed by atoms with Crippen LogP contribution in [0.4, 0.5) is 0 Å². The number of esters is 1. The molecule has 0 spiro atoms. The molecule has 5 nitrogen and oxygen atoms in total. The Morgan fingerprint density at radius 3 is 1.76 bits per heavy atom. The number of ether oxygens (including phenoxy) is 1. The van der Waals surface area contributed by atoms with E-state index in [1.165, 1.54) is 60.5 Å². The zero-order valence-electron chi connectivity index (χ0n) is 27.3. The van der Waals surface area contributed by atoms with Crippen molar-refractivity contribution < 1.29 is 19.4 Å². The minimum absolute atomic E-state index is 0.188. The van der Waals surface area contributed by atoms with Crippen LogP contribution in [0.3, 0.4) is 0 Å². The molecule has 7 heteroatoms. The van der Waals surface area contributed by atoms with Crippen LogP contribution in [0.1, 0.15) is 83.4 Å². The zero-order valence-corrected chi connectivity index (χ0v) is 28.9. The van der Waals surface area contributed by atoms with E-state index in [4.69, 9.17) is 4.74 Å². The van der Waals surface area contributed by atoms with Gasteiger partial charge in [-0.05, 0) is 107 Å². The minimum atomic E-state index is -0.843. The van der Waals surface area contributed by atoms with Gasteiger partial charge in [-0.1, -0.05) is 66.7 Å². The smallest absolute Gasteiger partial charge is 0.321 e. The molecule has 4 aromatic rings. The fourth-order valence-corrected chi connectivity index (χ4v) is 7.28. The summed E-state index contributed by atoms with van der Waals surface area (Å²) >= 11 is 2.93. The van der Waals surface area contributed by atoms with Crippen molar-refractivity contribution in [3.8, 4) is 22.3 Å². The lowest BCUT2D eigenvalue weighted by atomic mass is 10.0. The number of nitrogens with zero attached hydrogens (tertiary/aromatic N) is 1. The summed E-state index contributed by atoms with van der Waals surface area (Å²) in [6.45, 7) is 9.53. The Hall–Kier alpha value is -3.55. The van der Waals surface area contributed by atoms with Crippen LogP contribution >= 0.6 is 23.5 Å². The SMILES string of the molecule is CC(C)(Sc1ccccc1-c1ccc(C2CC2)cc1)C(=O)O.CCOC(=O)C(C)(C)Sc1ccccc1-c1ccc(C2CC2)nc1. The summed E-state index contributed by atoms with van der Waals surface area (Å²) < 4.78 is 3.73. The molecule has 1 heterocycles. The molecule has 0 aliphatic heterocycles. The molecule has 46 heavy (non-hydrogen) atoms. The molecule has 2 aliphatic rings. The van der Waals surface area contributed by atoms with Gasteiger partial charge in [0.1, 0.15) is 9.49 Å². The van der Waals surface area contributed by atoms with Crippen LogP contribution in [0.2, 0.25) is 0 Å². The predicted octanol–water partition coefficient (Wildman–Crippen LogP) is 10.2. The summed E-state index contributed by atoms with van der Waals surface area (Å²) in [5.41, 5.74) is 7.05. The number of aliphatic carboxylic acids is 1. The number of pyridine rings is 1. The second-order valence-corrected chi connectivity index (χ2v) is 16.2. The van der Waals surface area contributed by atoms with Crippen LogP contribution in [-0.2, 0) is 14.3 Å². The standard InChI is InChI=1S/C20H23NO2S.C19H20O2S/c1-4-23-19(22)20(2,3)24-18-8-6-5-7-16(18)15-11-12-17(21-13-15)14-9-10-14;1-19(2,18(20)21)22-17-6-4-3-5-16(17)15-11-9-14(10-12-15)13-7-8-13/h5-8,11-14H,4,9-10H2,1-3H3;3-6,9-13H,7-8H2,1-2H3,(H,20,21). The van der Waals surface area contributed by atoms with Crippen molar-refractivity contribution in [2.75, 3.05) is 6.61 Å². The third-order valence-corrected chi connectivity index (χ3v) is 10.7. The van der Waals surface area contributed by atoms with Gasteiger partial charge in [0.25, 0.3) is 0 Å². The number of aromatic nitrogens is 1. The monoisotopic (exact) mass is 653 g/mol. The number of carboxylic acids is 1. The highest BCUT2D eigenvalue weighted by Gasteiger charge is 2.32. The average molecular weight is 654 g/mol. The Morgan fingerprint density at radius 1 is 0.739 bits per heavy atom. The molecular formula is C39H43NO4S2. The average Bonchev–Trinajstić information content (AvgIpc) is 3.96. The Morgan fingerprint density at radius 2 is 1.26 bits per heavy atom. The molecule has 0 unspecified atom stereocenters. The summed E-state index contributed by atoms with van der Waals surface area (Å²) in [7, 11) is 0. The molecule has 2 fully saturated rings. The van der Waals surface area contributed by atoms with E-state index in [1.807, 2.05) is 57.3 Å². The van der Waals surface area contributed by atoms with Crippen LogP contribution in [0.5, 0.6) is 0 Å². The third-order valence-electron chi connectivity index (χ3n) is 8.15. The Kier molecular flexibility index (Phi) is 10.6. The minimum Gasteiger partial charge on any atom is -0.480 e. The Balaban J connectivity index is 0.000000182. The molecule has 2 aliphatic carbocycles. The maximum atomic E-state index is 12.2. The number of carbonyl (C=O) groups is 2. The topological polar surface area (TPSA) is 76.5 Å². The quantitative estimate of drug-likeness (QED) is 0.127. The van der Waals surface area contributed by atoms with Gasteiger partial charge >= 0.3 is 11.9 Å². The first-order chi connectivity index (χ1) is 22.0. The zero-order chi connectivity index (χ0) is 32.9. The first kappa shape index (κ1) is 33.8. The maximum absolute atomic E-state index is 12.2. The highest BCUT2D eigenvalue weighted by molar-refractivity contribution is 8.01. The first-order valence-electron chi connectivity index (χ1n) is 16.0. The maximum Gasteiger partial charge on any atom is 0.321 e. The summed E-state index contributed by atoms with van der Waals surface area (Å²) in [5.74, 6) is 0.430. The van der Waals surface area contributed by atoms with Crippen molar-refractivity contribution >= 4 is 35.5 Å². The van der Waals surface area contributed by atoms with Gasteiger partial charge in [0, 0.05) is 33.2 Å². The van der Waals surface area contributed by atoms with E-state index in [2.05, 4.69) is 59.6 Å². The molecule has 0 atom stereocenters. The van der Waals surface area contributed by atoms with Gasteiger partial charge in [0.15, 0.2) is 0 Å². The molecule has 6 rings (SSSR count). The number of hydrogen-bond acceptors (Lipinski definition) is 6. The molecule has 240 valence electrons. The second kappa shape index (κ2) is 14.5. The van der Waals surface area contributed by atoms with Gasteiger partial charge in [-0.25, -0.2) is 0 Å². The lowest BCUT2D eigenvalue weighted by Crippen LogP contribution is -2.30.